The Kier molecular flexibility index (Phi) is 7.33. The lowest BCUT2D eigenvalue weighted by Gasteiger charge is -2.42. The van der Waals surface area contributed by atoms with Crippen LogP contribution in [0, 0.1) is 11.3 Å². The van der Waals surface area contributed by atoms with Gasteiger partial charge in [0.2, 0.25) is 0 Å². The van der Waals surface area contributed by atoms with E-state index in [0.717, 1.165) is 38.8 Å². The predicted octanol–water partition coefficient (Wildman–Crippen LogP) is 2.76. The van der Waals surface area contributed by atoms with Gasteiger partial charge >= 0.3 is 0 Å². The summed E-state index contributed by atoms with van der Waals surface area (Å²) in [6.45, 7) is 17.9. The van der Waals surface area contributed by atoms with Gasteiger partial charge in [0, 0.05) is 32.3 Å². The first-order valence-electron chi connectivity index (χ1n) is 8.01. The Hall–Kier alpha value is -0.120. The van der Waals surface area contributed by atoms with Gasteiger partial charge in [0.1, 0.15) is 0 Å². The van der Waals surface area contributed by atoms with Crippen LogP contribution >= 0.6 is 0 Å². The van der Waals surface area contributed by atoms with E-state index < -0.39 is 0 Å². The molecule has 0 atom stereocenters. The molecule has 0 amide bonds. The molecule has 1 saturated heterocycles. The van der Waals surface area contributed by atoms with Gasteiger partial charge in [0.15, 0.2) is 0 Å². The summed E-state index contributed by atoms with van der Waals surface area (Å²) in [5.74, 6) is 0.726. The van der Waals surface area contributed by atoms with Crippen LogP contribution in [0.2, 0.25) is 0 Å². The van der Waals surface area contributed by atoms with Crippen molar-refractivity contribution in [1.82, 2.24) is 10.2 Å². The summed E-state index contributed by atoms with van der Waals surface area (Å²) in [6.07, 6.45) is 2.39. The van der Waals surface area contributed by atoms with Gasteiger partial charge in [0.25, 0.3) is 0 Å². The summed E-state index contributed by atoms with van der Waals surface area (Å²) in [4.78, 5) is 2.60. The molecule has 0 aromatic carbocycles. The molecule has 0 bridgehead atoms. The topological polar surface area (TPSA) is 24.5 Å². The van der Waals surface area contributed by atoms with Crippen molar-refractivity contribution in [2.24, 2.45) is 11.3 Å². The number of rotatable bonds is 8. The minimum Gasteiger partial charge on any atom is -0.381 e. The van der Waals surface area contributed by atoms with E-state index in [1.807, 2.05) is 0 Å². The third-order valence-corrected chi connectivity index (χ3v) is 4.28. The summed E-state index contributed by atoms with van der Waals surface area (Å²) < 4.78 is 5.58. The van der Waals surface area contributed by atoms with E-state index in [4.69, 9.17) is 4.74 Å². The molecule has 1 aliphatic rings. The molecule has 0 unspecified atom stereocenters. The lowest BCUT2D eigenvalue weighted by molar-refractivity contribution is -0.00870. The second kappa shape index (κ2) is 8.23. The Balaban J connectivity index is 2.58. The van der Waals surface area contributed by atoms with Crippen molar-refractivity contribution >= 4 is 0 Å². The van der Waals surface area contributed by atoms with Crippen LogP contribution in [0.5, 0.6) is 0 Å². The first-order valence-corrected chi connectivity index (χ1v) is 8.01. The van der Waals surface area contributed by atoms with Crippen molar-refractivity contribution < 1.29 is 4.74 Å². The highest BCUT2D eigenvalue weighted by atomic mass is 16.5. The van der Waals surface area contributed by atoms with Crippen molar-refractivity contribution in [2.45, 2.75) is 53.5 Å². The standard InChI is InChI=1S/C16H34N2O/c1-6-18(15(4)5)13-16(7-9-19-10-8-16)12-17-11-14(2)3/h14-15,17H,6-13H2,1-5H3. The third kappa shape index (κ3) is 5.80. The molecule has 1 aliphatic heterocycles. The number of nitrogens with one attached hydrogen (secondary N) is 1. The zero-order valence-electron chi connectivity index (χ0n) is 13.7. The number of hydrogen-bond acceptors (Lipinski definition) is 3. The second-order valence-electron chi connectivity index (χ2n) is 6.79. The summed E-state index contributed by atoms with van der Waals surface area (Å²) in [7, 11) is 0. The molecule has 0 aromatic heterocycles. The van der Waals surface area contributed by atoms with Gasteiger partial charge in [-0.2, -0.15) is 0 Å². The quantitative estimate of drug-likeness (QED) is 0.734. The Bertz CT molecular complexity index is 235. The molecular formula is C16H34N2O. The highest BCUT2D eigenvalue weighted by Gasteiger charge is 2.34. The van der Waals surface area contributed by atoms with Gasteiger partial charge in [-0.25, -0.2) is 0 Å². The zero-order valence-corrected chi connectivity index (χ0v) is 13.7. The minimum atomic E-state index is 0.410. The molecular weight excluding hydrogens is 236 g/mol. The molecule has 1 heterocycles. The van der Waals surface area contributed by atoms with Gasteiger partial charge in [-0.3, -0.25) is 0 Å². The monoisotopic (exact) mass is 270 g/mol. The fourth-order valence-electron chi connectivity index (χ4n) is 2.91. The lowest BCUT2D eigenvalue weighted by atomic mass is 9.79. The van der Waals surface area contributed by atoms with Gasteiger partial charge in [-0.05, 0) is 51.1 Å². The maximum atomic E-state index is 5.58. The fourth-order valence-corrected chi connectivity index (χ4v) is 2.91. The smallest absolute Gasteiger partial charge is 0.0472 e. The van der Waals surface area contributed by atoms with E-state index in [1.54, 1.807) is 0 Å². The number of hydrogen-bond donors (Lipinski definition) is 1. The van der Waals surface area contributed by atoms with Gasteiger partial charge in [-0.1, -0.05) is 20.8 Å². The highest BCUT2D eigenvalue weighted by molar-refractivity contribution is 4.88. The lowest BCUT2D eigenvalue weighted by Crippen LogP contribution is -2.49. The zero-order chi connectivity index (χ0) is 14.3. The largest absolute Gasteiger partial charge is 0.381 e. The maximum absolute atomic E-state index is 5.58. The molecule has 19 heavy (non-hydrogen) atoms. The first kappa shape index (κ1) is 16.9. The third-order valence-electron chi connectivity index (χ3n) is 4.28. The molecule has 0 spiro atoms. The maximum Gasteiger partial charge on any atom is 0.0472 e. The van der Waals surface area contributed by atoms with Crippen LogP contribution in [0.25, 0.3) is 0 Å². The molecule has 0 aliphatic carbocycles. The summed E-state index contributed by atoms with van der Waals surface area (Å²) in [5.41, 5.74) is 0.410. The first-order chi connectivity index (χ1) is 8.99. The van der Waals surface area contributed by atoms with Crippen molar-refractivity contribution in [3.8, 4) is 0 Å². The Morgan fingerprint density at radius 2 is 1.79 bits per heavy atom. The molecule has 0 aromatic rings. The predicted molar refractivity (Wildman–Crippen MR) is 82.6 cm³/mol. The normalized spacial score (nSPS) is 19.6. The van der Waals surface area contributed by atoms with Crippen LogP contribution in [-0.2, 0) is 4.74 Å². The van der Waals surface area contributed by atoms with E-state index in [9.17, 15) is 0 Å². The van der Waals surface area contributed by atoms with Crippen molar-refractivity contribution in [2.75, 3.05) is 39.4 Å². The number of nitrogens with zero attached hydrogens (tertiary/aromatic N) is 1. The highest BCUT2D eigenvalue weighted by Crippen LogP contribution is 2.31. The van der Waals surface area contributed by atoms with Crippen LogP contribution in [-0.4, -0.2) is 50.3 Å². The van der Waals surface area contributed by atoms with Crippen molar-refractivity contribution in [3.63, 3.8) is 0 Å². The van der Waals surface area contributed by atoms with Crippen LogP contribution < -0.4 is 5.32 Å². The van der Waals surface area contributed by atoms with Crippen LogP contribution in [0.15, 0.2) is 0 Å². The Morgan fingerprint density at radius 3 is 2.26 bits per heavy atom. The molecule has 1 N–H and O–H groups in total. The number of ether oxygens (including phenoxy) is 1. The van der Waals surface area contributed by atoms with Crippen LogP contribution in [0.4, 0.5) is 0 Å². The van der Waals surface area contributed by atoms with E-state index >= 15 is 0 Å². The van der Waals surface area contributed by atoms with Crippen LogP contribution in [0.3, 0.4) is 0 Å². The molecule has 0 saturated carbocycles. The van der Waals surface area contributed by atoms with E-state index in [0.29, 0.717) is 11.5 Å². The van der Waals surface area contributed by atoms with Gasteiger partial charge < -0.3 is 15.0 Å². The Morgan fingerprint density at radius 1 is 1.16 bits per heavy atom. The molecule has 3 nitrogen and oxygen atoms in total. The minimum absolute atomic E-state index is 0.410. The average molecular weight is 270 g/mol. The molecule has 1 rings (SSSR count). The Labute approximate surface area is 120 Å². The van der Waals surface area contributed by atoms with Gasteiger partial charge in [0.05, 0.1) is 0 Å². The van der Waals surface area contributed by atoms with Gasteiger partial charge in [-0.15, -0.1) is 0 Å². The van der Waals surface area contributed by atoms with Crippen molar-refractivity contribution in [1.29, 1.82) is 0 Å². The second-order valence-corrected chi connectivity index (χ2v) is 6.79. The average Bonchev–Trinajstić information content (AvgIpc) is 2.36. The summed E-state index contributed by atoms with van der Waals surface area (Å²) in [6, 6.07) is 0.634. The van der Waals surface area contributed by atoms with E-state index in [-0.39, 0.29) is 0 Å². The van der Waals surface area contributed by atoms with E-state index in [1.165, 1.54) is 19.4 Å². The fraction of sp³-hybridized carbons (Fsp3) is 1.00. The SMILES string of the molecule is CCN(CC1(CNCC(C)C)CCOCC1)C(C)C. The van der Waals surface area contributed by atoms with Crippen molar-refractivity contribution in [3.05, 3.63) is 0 Å². The molecule has 0 radical (unpaired) electrons. The summed E-state index contributed by atoms with van der Waals surface area (Å²) in [5, 5.41) is 3.68. The molecule has 1 fully saturated rings. The molecule has 114 valence electrons. The van der Waals surface area contributed by atoms with E-state index in [2.05, 4.69) is 44.8 Å². The molecule has 3 heteroatoms. The summed E-state index contributed by atoms with van der Waals surface area (Å²) >= 11 is 0. The van der Waals surface area contributed by atoms with Crippen LogP contribution in [0.1, 0.15) is 47.5 Å².